The fourth-order valence-corrected chi connectivity index (χ4v) is 9.02. The van der Waals surface area contributed by atoms with E-state index in [2.05, 4.69) is 151 Å². The Morgan fingerprint density at radius 1 is 0.477 bits per heavy atom. The Labute approximate surface area is 258 Å². The van der Waals surface area contributed by atoms with Crippen LogP contribution in [0.3, 0.4) is 0 Å². The molecule has 2 heterocycles. The molecule has 7 aromatic carbocycles. The van der Waals surface area contributed by atoms with Crippen molar-refractivity contribution in [1.82, 2.24) is 0 Å². The largest absolute Gasteiger partial charge is 0.457 e. The van der Waals surface area contributed by atoms with Crippen LogP contribution in [0.4, 0.5) is 11.4 Å². The van der Waals surface area contributed by atoms with Gasteiger partial charge in [0, 0.05) is 38.4 Å². The summed E-state index contributed by atoms with van der Waals surface area (Å²) in [5.74, 6) is 1.79. The van der Waals surface area contributed by atoms with Crippen LogP contribution in [0.1, 0.15) is 22.3 Å². The molecule has 206 valence electrons. The lowest BCUT2D eigenvalue weighted by atomic mass is 9.66. The van der Waals surface area contributed by atoms with Crippen LogP contribution in [-0.2, 0) is 5.41 Å². The number of hydrogen-bond donors (Lipinski definition) is 1. The summed E-state index contributed by atoms with van der Waals surface area (Å²) in [6.07, 6.45) is 0. The summed E-state index contributed by atoms with van der Waals surface area (Å²) >= 11 is 1.86. The van der Waals surface area contributed by atoms with Crippen molar-refractivity contribution in [2.75, 3.05) is 5.32 Å². The van der Waals surface area contributed by atoms with Crippen molar-refractivity contribution >= 4 is 53.7 Å². The molecule has 3 heteroatoms. The van der Waals surface area contributed by atoms with Crippen molar-refractivity contribution in [2.24, 2.45) is 0 Å². The number of nitrogens with one attached hydrogen (secondary N) is 1. The highest BCUT2D eigenvalue weighted by Gasteiger charge is 2.50. The normalized spacial score (nSPS) is 13.8. The van der Waals surface area contributed by atoms with Gasteiger partial charge in [0.25, 0.3) is 0 Å². The number of thiophene rings is 1. The molecular weight excluding hydrogens is 555 g/mol. The minimum atomic E-state index is -0.442. The Kier molecular flexibility index (Phi) is 4.83. The van der Waals surface area contributed by atoms with Gasteiger partial charge in [0.05, 0.1) is 15.8 Å². The van der Waals surface area contributed by atoms with Crippen LogP contribution in [0, 0.1) is 0 Å². The highest BCUT2D eigenvalue weighted by atomic mass is 32.1. The van der Waals surface area contributed by atoms with Gasteiger partial charge in [-0.05, 0) is 51.2 Å². The van der Waals surface area contributed by atoms with E-state index in [1.807, 2.05) is 11.3 Å². The number of benzene rings is 7. The van der Waals surface area contributed by atoms with E-state index in [1.54, 1.807) is 0 Å². The molecular formula is C41H25NOS. The zero-order valence-electron chi connectivity index (χ0n) is 23.7. The number of ether oxygens (including phenoxy) is 1. The van der Waals surface area contributed by atoms with Crippen molar-refractivity contribution in [3.05, 3.63) is 168 Å². The second kappa shape index (κ2) is 8.82. The smallest absolute Gasteiger partial charge is 0.134 e. The molecule has 10 rings (SSSR count). The van der Waals surface area contributed by atoms with Gasteiger partial charge in [-0.25, -0.2) is 0 Å². The third-order valence-corrected chi connectivity index (χ3v) is 10.8. The van der Waals surface area contributed by atoms with E-state index >= 15 is 0 Å². The lowest BCUT2D eigenvalue weighted by Gasteiger charge is -2.39. The molecule has 1 spiro atoms. The first kappa shape index (κ1) is 24.1. The van der Waals surface area contributed by atoms with Gasteiger partial charge in [-0.2, -0.15) is 0 Å². The fraction of sp³-hybridized carbons (Fsp3) is 0.0244. The summed E-state index contributed by atoms with van der Waals surface area (Å²) in [7, 11) is 0. The number of fused-ring (bicyclic) bond motifs is 14. The van der Waals surface area contributed by atoms with Crippen LogP contribution >= 0.6 is 11.3 Å². The second-order valence-corrected chi connectivity index (χ2v) is 12.7. The second-order valence-electron chi connectivity index (χ2n) is 11.7. The quantitative estimate of drug-likeness (QED) is 0.220. The Morgan fingerprint density at radius 2 is 1.14 bits per heavy atom. The Balaban J connectivity index is 1.16. The van der Waals surface area contributed by atoms with Crippen molar-refractivity contribution in [2.45, 2.75) is 5.41 Å². The lowest BCUT2D eigenvalue weighted by Crippen LogP contribution is -2.32. The molecule has 2 aliphatic rings. The molecule has 0 radical (unpaired) electrons. The van der Waals surface area contributed by atoms with Crippen LogP contribution in [-0.4, -0.2) is 0 Å². The third-order valence-electron chi connectivity index (χ3n) is 9.52. The van der Waals surface area contributed by atoms with Crippen molar-refractivity contribution in [3.63, 3.8) is 0 Å². The molecule has 0 unspecified atom stereocenters. The Bertz CT molecular complexity index is 2430. The van der Waals surface area contributed by atoms with Crippen LogP contribution in [0.25, 0.3) is 42.1 Å². The SMILES string of the molecule is c1ccc2c(c1)Oc1cc(Nc3cccc4c3sc3c5ccccc5ccc43)ccc1C21c2ccccc2-c2ccccc21. The molecule has 2 nitrogen and oxygen atoms in total. The third kappa shape index (κ3) is 3.09. The zero-order chi connectivity index (χ0) is 28.8. The first-order chi connectivity index (χ1) is 21.8. The van der Waals surface area contributed by atoms with Gasteiger partial charge in [-0.15, -0.1) is 11.3 Å². The maximum Gasteiger partial charge on any atom is 0.134 e. The molecule has 1 aliphatic heterocycles. The molecule has 1 N–H and O–H groups in total. The summed E-state index contributed by atoms with van der Waals surface area (Å²) in [6.45, 7) is 0. The summed E-state index contributed by atoms with van der Waals surface area (Å²) in [5.41, 5.74) is 9.22. The summed E-state index contributed by atoms with van der Waals surface area (Å²) in [5, 5.41) is 8.94. The first-order valence-electron chi connectivity index (χ1n) is 15.0. The highest BCUT2D eigenvalue weighted by molar-refractivity contribution is 7.27. The number of para-hydroxylation sites is 1. The van der Waals surface area contributed by atoms with Gasteiger partial charge in [0.2, 0.25) is 0 Å². The van der Waals surface area contributed by atoms with Gasteiger partial charge in [-0.1, -0.05) is 121 Å². The van der Waals surface area contributed by atoms with Gasteiger partial charge in [-0.3, -0.25) is 0 Å². The number of anilines is 2. The number of rotatable bonds is 2. The van der Waals surface area contributed by atoms with Gasteiger partial charge >= 0.3 is 0 Å². The molecule has 44 heavy (non-hydrogen) atoms. The summed E-state index contributed by atoms with van der Waals surface area (Å²) in [6, 6.07) is 52.6. The standard InChI is InChI=1S/C41H25NOS/c1-2-11-27-25(10-1)20-22-31-30-14-9-18-36(40(30)44-39(27)31)42-26-21-23-35-38(24-26)43-37-19-8-7-17-34(37)41(35)32-15-5-3-12-28(32)29-13-4-6-16-33(29)41/h1-24,42H. The van der Waals surface area contributed by atoms with Crippen LogP contribution < -0.4 is 10.1 Å². The minimum absolute atomic E-state index is 0.442. The van der Waals surface area contributed by atoms with Crippen molar-refractivity contribution < 1.29 is 4.74 Å². The fourth-order valence-electron chi connectivity index (χ4n) is 7.72. The Hall–Kier alpha value is -5.38. The van der Waals surface area contributed by atoms with Crippen LogP contribution in [0.2, 0.25) is 0 Å². The van der Waals surface area contributed by atoms with E-state index in [0.29, 0.717) is 0 Å². The molecule has 0 saturated heterocycles. The predicted molar refractivity (Wildman–Crippen MR) is 184 cm³/mol. The monoisotopic (exact) mass is 579 g/mol. The maximum absolute atomic E-state index is 6.72. The zero-order valence-corrected chi connectivity index (χ0v) is 24.5. The first-order valence-corrected chi connectivity index (χ1v) is 15.8. The molecule has 0 saturated carbocycles. The van der Waals surface area contributed by atoms with Crippen LogP contribution in [0.5, 0.6) is 11.5 Å². The molecule has 1 aliphatic carbocycles. The minimum Gasteiger partial charge on any atom is -0.457 e. The molecule has 0 bridgehead atoms. The van der Waals surface area contributed by atoms with Crippen LogP contribution in [0.15, 0.2) is 146 Å². The van der Waals surface area contributed by atoms with E-state index in [4.69, 9.17) is 4.74 Å². The molecule has 1 aromatic heterocycles. The topological polar surface area (TPSA) is 21.3 Å². The summed E-state index contributed by atoms with van der Waals surface area (Å²) < 4.78 is 9.31. The molecule has 8 aromatic rings. The van der Waals surface area contributed by atoms with E-state index < -0.39 is 5.41 Å². The highest BCUT2D eigenvalue weighted by Crippen LogP contribution is 2.62. The van der Waals surface area contributed by atoms with Crippen molar-refractivity contribution in [1.29, 1.82) is 0 Å². The van der Waals surface area contributed by atoms with Crippen molar-refractivity contribution in [3.8, 4) is 22.6 Å². The lowest BCUT2D eigenvalue weighted by molar-refractivity contribution is 0.436. The Morgan fingerprint density at radius 3 is 1.98 bits per heavy atom. The number of hydrogen-bond acceptors (Lipinski definition) is 3. The maximum atomic E-state index is 6.72. The van der Waals surface area contributed by atoms with E-state index in [1.165, 1.54) is 64.3 Å². The van der Waals surface area contributed by atoms with Gasteiger partial charge in [0.15, 0.2) is 0 Å². The summed E-state index contributed by atoms with van der Waals surface area (Å²) in [4.78, 5) is 0. The predicted octanol–water partition coefficient (Wildman–Crippen LogP) is 11.4. The van der Waals surface area contributed by atoms with E-state index in [0.717, 1.165) is 22.9 Å². The van der Waals surface area contributed by atoms with E-state index in [-0.39, 0.29) is 0 Å². The van der Waals surface area contributed by atoms with E-state index in [9.17, 15) is 0 Å². The van der Waals surface area contributed by atoms with Gasteiger partial charge in [0.1, 0.15) is 11.5 Å². The molecule has 0 fully saturated rings. The average molecular weight is 580 g/mol. The molecule has 0 amide bonds. The average Bonchev–Trinajstić information content (AvgIpc) is 3.61. The molecule has 0 atom stereocenters. The van der Waals surface area contributed by atoms with Gasteiger partial charge < -0.3 is 10.1 Å².